The van der Waals surface area contributed by atoms with Crippen LogP contribution in [0.1, 0.15) is 16.7 Å². The number of rotatable bonds is 5. The number of hydrogen-bond acceptors (Lipinski definition) is 4. The van der Waals surface area contributed by atoms with E-state index in [0.717, 1.165) is 22.5 Å². The van der Waals surface area contributed by atoms with Crippen molar-refractivity contribution in [2.45, 2.75) is 6.92 Å². The van der Waals surface area contributed by atoms with Crippen LogP contribution in [0.5, 0.6) is 0 Å². The smallest absolute Gasteiger partial charge is 0.258 e. The second-order valence-corrected chi connectivity index (χ2v) is 5.81. The molecule has 0 fully saturated rings. The summed E-state index contributed by atoms with van der Waals surface area (Å²) in [6, 6.07) is 22.0. The fourth-order valence-corrected chi connectivity index (χ4v) is 2.28. The molecule has 0 radical (unpaired) electrons. The Labute approximate surface area is 151 Å². The summed E-state index contributed by atoms with van der Waals surface area (Å²) in [6.45, 7) is 2.03. The number of azo groups is 1. The normalized spacial score (nSPS) is 11.3. The van der Waals surface area contributed by atoms with E-state index in [1.165, 1.54) is 17.7 Å². The third-order valence-corrected chi connectivity index (χ3v) is 3.78. The van der Waals surface area contributed by atoms with Crippen molar-refractivity contribution in [1.82, 2.24) is 0 Å². The third-order valence-electron chi connectivity index (χ3n) is 3.78. The zero-order chi connectivity index (χ0) is 18.4. The van der Waals surface area contributed by atoms with Gasteiger partial charge in [-0.1, -0.05) is 42.0 Å². The molecule has 26 heavy (non-hydrogen) atoms. The monoisotopic (exact) mass is 343 g/mol. The minimum atomic E-state index is -0.405. The molecule has 0 aliphatic heterocycles. The van der Waals surface area contributed by atoms with Crippen molar-refractivity contribution in [2.75, 3.05) is 0 Å². The van der Waals surface area contributed by atoms with E-state index >= 15 is 0 Å². The molecule has 0 amide bonds. The first kappa shape index (κ1) is 17.2. The summed E-state index contributed by atoms with van der Waals surface area (Å²) in [7, 11) is 0. The molecule has 0 aliphatic rings. The summed E-state index contributed by atoms with van der Waals surface area (Å²) >= 11 is 0. The zero-order valence-corrected chi connectivity index (χ0v) is 14.2. The van der Waals surface area contributed by atoms with Gasteiger partial charge in [-0.3, -0.25) is 10.1 Å². The molecular weight excluding hydrogens is 326 g/mol. The first-order valence-corrected chi connectivity index (χ1v) is 8.11. The first-order chi connectivity index (χ1) is 12.6. The number of nitro benzene ring substituents is 1. The van der Waals surface area contributed by atoms with E-state index in [1.54, 1.807) is 12.1 Å². The minimum absolute atomic E-state index is 0.0884. The van der Waals surface area contributed by atoms with Gasteiger partial charge in [0.25, 0.3) is 5.69 Å². The van der Waals surface area contributed by atoms with Crippen molar-refractivity contribution in [2.24, 2.45) is 10.2 Å². The second-order valence-electron chi connectivity index (χ2n) is 5.81. The van der Waals surface area contributed by atoms with Crippen LogP contribution in [0.25, 0.3) is 12.2 Å². The molecule has 0 saturated heterocycles. The van der Waals surface area contributed by atoms with E-state index in [-0.39, 0.29) is 5.69 Å². The van der Waals surface area contributed by atoms with Gasteiger partial charge in [-0.15, -0.1) is 0 Å². The highest BCUT2D eigenvalue weighted by molar-refractivity contribution is 5.70. The van der Waals surface area contributed by atoms with Crippen molar-refractivity contribution in [1.29, 1.82) is 0 Å². The summed E-state index contributed by atoms with van der Waals surface area (Å²) in [5, 5.41) is 19.1. The Bertz CT molecular complexity index is 942. The maximum atomic E-state index is 10.7. The zero-order valence-electron chi connectivity index (χ0n) is 14.2. The van der Waals surface area contributed by atoms with E-state index in [0.29, 0.717) is 0 Å². The molecular formula is C21H17N3O2. The van der Waals surface area contributed by atoms with Crippen molar-refractivity contribution < 1.29 is 4.92 Å². The predicted molar refractivity (Wildman–Crippen MR) is 104 cm³/mol. The van der Waals surface area contributed by atoms with Gasteiger partial charge in [0.2, 0.25) is 0 Å². The second kappa shape index (κ2) is 7.98. The highest BCUT2D eigenvalue weighted by Crippen LogP contribution is 2.20. The van der Waals surface area contributed by atoms with Crippen LogP contribution in [-0.4, -0.2) is 4.92 Å². The largest absolute Gasteiger partial charge is 0.269 e. The Morgan fingerprint density at radius 2 is 1.15 bits per heavy atom. The molecule has 0 saturated carbocycles. The van der Waals surface area contributed by atoms with E-state index in [4.69, 9.17) is 0 Å². The van der Waals surface area contributed by atoms with Crippen LogP contribution in [0.4, 0.5) is 17.1 Å². The van der Waals surface area contributed by atoms with Crippen molar-refractivity contribution in [3.8, 4) is 0 Å². The van der Waals surface area contributed by atoms with Crippen LogP contribution in [0.15, 0.2) is 83.0 Å². The molecule has 0 bridgehead atoms. The Morgan fingerprint density at radius 3 is 1.62 bits per heavy atom. The highest BCUT2D eigenvalue weighted by Gasteiger charge is 2.02. The third kappa shape index (κ3) is 4.70. The van der Waals surface area contributed by atoms with E-state index in [2.05, 4.69) is 10.2 Å². The molecule has 3 rings (SSSR count). The van der Waals surface area contributed by atoms with Crippen molar-refractivity contribution >= 4 is 29.2 Å². The van der Waals surface area contributed by atoms with Gasteiger partial charge in [0.05, 0.1) is 16.3 Å². The quantitative estimate of drug-likeness (QED) is 0.230. The van der Waals surface area contributed by atoms with Gasteiger partial charge in [-0.2, -0.15) is 10.2 Å². The van der Waals surface area contributed by atoms with Crippen molar-refractivity contribution in [3.05, 3.63) is 99.6 Å². The minimum Gasteiger partial charge on any atom is -0.258 e. The number of nitro groups is 1. The fourth-order valence-electron chi connectivity index (χ4n) is 2.28. The summed E-state index contributed by atoms with van der Waals surface area (Å²) in [5.41, 5.74) is 4.78. The number of hydrogen-bond donors (Lipinski definition) is 0. The SMILES string of the molecule is Cc1ccc(N=Nc2ccc(C=Cc3ccc([N+](=O)[O-])cc3)cc2)cc1. The van der Waals surface area contributed by atoms with Crippen LogP contribution in [0.3, 0.4) is 0 Å². The Kier molecular flexibility index (Phi) is 5.29. The summed E-state index contributed by atoms with van der Waals surface area (Å²) in [4.78, 5) is 10.2. The van der Waals surface area contributed by atoms with Crippen LogP contribution < -0.4 is 0 Å². The molecule has 0 atom stereocenters. The topological polar surface area (TPSA) is 67.9 Å². The molecule has 0 aromatic heterocycles. The lowest BCUT2D eigenvalue weighted by molar-refractivity contribution is -0.384. The molecule has 0 spiro atoms. The van der Waals surface area contributed by atoms with Gasteiger partial charge in [0.1, 0.15) is 0 Å². The van der Waals surface area contributed by atoms with Gasteiger partial charge >= 0.3 is 0 Å². The van der Waals surface area contributed by atoms with Gasteiger partial charge in [0.15, 0.2) is 0 Å². The van der Waals surface area contributed by atoms with Gasteiger partial charge < -0.3 is 0 Å². The lowest BCUT2D eigenvalue weighted by Gasteiger charge is -1.97. The maximum Gasteiger partial charge on any atom is 0.269 e. The lowest BCUT2D eigenvalue weighted by atomic mass is 10.1. The number of nitrogens with zero attached hydrogens (tertiary/aromatic N) is 3. The average molecular weight is 343 g/mol. The first-order valence-electron chi connectivity index (χ1n) is 8.11. The summed E-state index contributed by atoms with van der Waals surface area (Å²) < 4.78 is 0. The maximum absolute atomic E-state index is 10.7. The Morgan fingerprint density at radius 1 is 0.731 bits per heavy atom. The molecule has 5 nitrogen and oxygen atoms in total. The van der Waals surface area contributed by atoms with Crippen molar-refractivity contribution in [3.63, 3.8) is 0 Å². The fraction of sp³-hybridized carbons (Fsp3) is 0.0476. The van der Waals surface area contributed by atoms with Crippen LogP contribution in [0, 0.1) is 17.0 Å². The molecule has 0 heterocycles. The predicted octanol–water partition coefficient (Wildman–Crippen LogP) is 6.49. The number of non-ortho nitro benzene ring substituents is 1. The van der Waals surface area contributed by atoms with Crippen LogP contribution >= 0.6 is 0 Å². The van der Waals surface area contributed by atoms with Gasteiger partial charge in [-0.05, 0) is 54.4 Å². The van der Waals surface area contributed by atoms with Crippen LogP contribution in [0.2, 0.25) is 0 Å². The molecule has 5 heteroatoms. The van der Waals surface area contributed by atoms with Gasteiger partial charge in [0, 0.05) is 12.1 Å². The Balaban J connectivity index is 1.65. The van der Waals surface area contributed by atoms with E-state index < -0.39 is 4.92 Å². The lowest BCUT2D eigenvalue weighted by Crippen LogP contribution is -1.86. The van der Waals surface area contributed by atoms with E-state index in [1.807, 2.05) is 67.6 Å². The van der Waals surface area contributed by atoms with E-state index in [9.17, 15) is 10.1 Å². The standard InChI is InChI=1S/C21H17N3O2/c1-16-2-10-19(11-3-16)22-23-20-12-6-17(7-13-20)4-5-18-8-14-21(15-9-18)24(25)26/h2-15H,1H3. The number of benzene rings is 3. The molecule has 128 valence electrons. The summed E-state index contributed by atoms with van der Waals surface area (Å²) in [5.74, 6) is 0. The van der Waals surface area contributed by atoms with Crippen LogP contribution in [-0.2, 0) is 0 Å². The highest BCUT2D eigenvalue weighted by atomic mass is 16.6. The number of aryl methyl sites for hydroxylation is 1. The average Bonchev–Trinajstić information content (AvgIpc) is 2.67. The van der Waals surface area contributed by atoms with Gasteiger partial charge in [-0.25, -0.2) is 0 Å². The summed E-state index contributed by atoms with van der Waals surface area (Å²) in [6.07, 6.45) is 3.86. The molecule has 3 aromatic carbocycles. The molecule has 3 aromatic rings. The molecule has 0 N–H and O–H groups in total. The molecule has 0 aliphatic carbocycles. The Hall–Kier alpha value is -3.60. The molecule has 0 unspecified atom stereocenters.